The van der Waals surface area contributed by atoms with Gasteiger partial charge in [-0.1, -0.05) is 25.7 Å². The molecule has 2 aromatic rings. The van der Waals surface area contributed by atoms with E-state index in [0.29, 0.717) is 58.9 Å². The molecule has 0 spiro atoms. The van der Waals surface area contributed by atoms with E-state index in [1.54, 1.807) is 32.9 Å². The third-order valence-corrected chi connectivity index (χ3v) is 7.82. The van der Waals surface area contributed by atoms with Gasteiger partial charge in [0.2, 0.25) is 23.8 Å². The number of amides is 1. The van der Waals surface area contributed by atoms with Crippen molar-refractivity contribution in [3.63, 3.8) is 0 Å². The lowest BCUT2D eigenvalue weighted by atomic mass is 9.96. The fourth-order valence-electron chi connectivity index (χ4n) is 5.05. The fourth-order valence-corrected chi connectivity index (χ4v) is 5.05. The van der Waals surface area contributed by atoms with Gasteiger partial charge >= 0.3 is 0 Å². The Balaban J connectivity index is 1.91. The van der Waals surface area contributed by atoms with Gasteiger partial charge in [0, 0.05) is 41.8 Å². The maximum absolute atomic E-state index is 13.0. The molecule has 0 fully saturated rings. The topological polar surface area (TPSA) is 339 Å². The highest BCUT2D eigenvalue weighted by Crippen LogP contribution is 2.19. The SMILES string of the molecule is CC(=NCC(=N)N)c1cc(CC(=O)CCCCCCCCC(=O)Nc2cc(/C(C)=N\N=C(N)N)cc(/C(C)=N\N=C(N)N)c2)cc(/C(C)=N\N=C(N)N)c1. The van der Waals surface area contributed by atoms with Crippen LogP contribution in [0.1, 0.15) is 107 Å². The van der Waals surface area contributed by atoms with Crippen molar-refractivity contribution < 1.29 is 9.59 Å². The van der Waals surface area contributed by atoms with Gasteiger partial charge in [0.1, 0.15) is 11.6 Å². The second-order valence-electron chi connectivity index (χ2n) is 12.7. The first-order chi connectivity index (χ1) is 25.5. The lowest BCUT2D eigenvalue weighted by molar-refractivity contribution is -0.118. The Labute approximate surface area is 315 Å². The largest absolute Gasteiger partial charge is 0.386 e. The summed E-state index contributed by atoms with van der Waals surface area (Å²) in [7, 11) is 0. The van der Waals surface area contributed by atoms with Gasteiger partial charge in [0.25, 0.3) is 0 Å². The zero-order valence-electron chi connectivity index (χ0n) is 31.5. The molecule has 18 nitrogen and oxygen atoms in total. The van der Waals surface area contributed by atoms with E-state index in [-0.39, 0.29) is 48.4 Å². The summed E-state index contributed by atoms with van der Waals surface area (Å²) in [5.41, 5.74) is 44.5. The van der Waals surface area contributed by atoms with Gasteiger partial charge < -0.3 is 45.5 Å². The molecule has 290 valence electrons. The molecule has 0 aliphatic rings. The smallest absolute Gasteiger partial charge is 0.224 e. The monoisotopic (exact) mass is 742 g/mol. The summed E-state index contributed by atoms with van der Waals surface area (Å²) in [4.78, 5) is 30.2. The van der Waals surface area contributed by atoms with Crippen LogP contribution in [0.15, 0.2) is 72.0 Å². The number of guanidine groups is 3. The third-order valence-electron chi connectivity index (χ3n) is 7.82. The summed E-state index contributed by atoms with van der Waals surface area (Å²) < 4.78 is 0. The van der Waals surface area contributed by atoms with Crippen molar-refractivity contribution in [2.24, 2.45) is 75.7 Å². The molecule has 2 aromatic carbocycles. The molecule has 0 aliphatic heterocycles. The summed E-state index contributed by atoms with van der Waals surface area (Å²) in [6.07, 6.45) is 6.21. The number of ketones is 1. The molecule has 1 amide bonds. The molecular weight excluding hydrogens is 689 g/mol. The Morgan fingerprint density at radius 2 is 0.963 bits per heavy atom. The number of nitrogens with two attached hydrogens (primary N) is 7. The lowest BCUT2D eigenvalue weighted by Crippen LogP contribution is -2.22. The molecule has 0 atom stereocenters. The van der Waals surface area contributed by atoms with E-state index in [2.05, 4.69) is 40.9 Å². The number of amidine groups is 1. The quantitative estimate of drug-likeness (QED) is 0.0391. The first kappa shape index (κ1) is 43.7. The van der Waals surface area contributed by atoms with Crippen molar-refractivity contribution in [2.45, 2.75) is 85.5 Å². The zero-order valence-corrected chi connectivity index (χ0v) is 31.5. The number of nitrogens with zero attached hydrogens (tertiary/aromatic N) is 7. The molecule has 54 heavy (non-hydrogen) atoms. The van der Waals surface area contributed by atoms with Crippen LogP contribution in [-0.2, 0) is 16.0 Å². The van der Waals surface area contributed by atoms with Crippen molar-refractivity contribution in [3.8, 4) is 0 Å². The fraction of sp³-hybridized carbons (Fsp3) is 0.389. The standard InChI is InChI=1S/C36H54N16O2/c1-21(45-20-32(37)38)26-13-25(14-27(16-26)22(2)47-50-34(39)40)15-31(53)11-9-7-5-6-8-10-12-33(54)46-30-18-28(23(3)48-51-35(41)42)17-29(19-30)24(4)49-52-36(43)44/h13-14,16-19H,5-12,15,20H2,1-4H3,(H3,37,38)(H,46,54)(H4,39,40,50)(H4,41,42,51)(H4,43,44,52)/b45-21?,47-22-,48-23-,49-24-. The average Bonchev–Trinajstić information content (AvgIpc) is 3.11. The number of carbonyl (C=O) groups is 2. The molecule has 18 heteroatoms. The van der Waals surface area contributed by atoms with E-state index < -0.39 is 0 Å². The van der Waals surface area contributed by atoms with Crippen molar-refractivity contribution in [1.82, 2.24) is 0 Å². The maximum atomic E-state index is 13.0. The van der Waals surface area contributed by atoms with Crippen LogP contribution in [0.25, 0.3) is 0 Å². The summed E-state index contributed by atoms with van der Waals surface area (Å²) in [6, 6.07) is 11.0. The van der Waals surface area contributed by atoms with E-state index in [0.717, 1.165) is 48.8 Å². The Morgan fingerprint density at radius 1 is 0.556 bits per heavy atom. The molecule has 0 radical (unpaired) electrons. The number of hydrogen-bond acceptors (Lipinski definition) is 10. The van der Waals surface area contributed by atoms with Gasteiger partial charge in [-0.05, 0) is 93.6 Å². The van der Waals surface area contributed by atoms with Crippen LogP contribution < -0.4 is 45.5 Å². The predicted molar refractivity (Wildman–Crippen MR) is 220 cm³/mol. The summed E-state index contributed by atoms with van der Waals surface area (Å²) in [6.45, 7) is 7.14. The second-order valence-corrected chi connectivity index (χ2v) is 12.7. The van der Waals surface area contributed by atoms with Crippen LogP contribution in [-0.4, -0.2) is 64.8 Å². The minimum absolute atomic E-state index is 0.0447. The second kappa shape index (κ2) is 22.5. The Bertz CT molecular complexity index is 1810. The number of nitrogens with one attached hydrogen (secondary N) is 2. The van der Waals surface area contributed by atoms with Gasteiger partial charge in [0.15, 0.2) is 0 Å². The number of unbranched alkanes of at least 4 members (excludes halogenated alkanes) is 5. The Morgan fingerprint density at radius 3 is 1.41 bits per heavy atom. The summed E-state index contributed by atoms with van der Waals surface area (Å²) in [5.74, 6) is -0.582. The molecule has 0 saturated carbocycles. The highest BCUT2D eigenvalue weighted by molar-refractivity contribution is 6.07. The normalized spacial score (nSPS) is 12.1. The van der Waals surface area contributed by atoms with Gasteiger partial charge in [0.05, 0.1) is 23.7 Å². The summed E-state index contributed by atoms with van der Waals surface area (Å²) in [5, 5.41) is 33.7. The first-order valence-electron chi connectivity index (χ1n) is 17.4. The van der Waals surface area contributed by atoms with E-state index >= 15 is 0 Å². The lowest BCUT2D eigenvalue weighted by Gasteiger charge is -2.11. The molecule has 0 unspecified atom stereocenters. The van der Waals surface area contributed by atoms with Crippen LogP contribution in [0.3, 0.4) is 0 Å². The minimum atomic E-state index is -0.181. The van der Waals surface area contributed by atoms with E-state index in [1.165, 1.54) is 0 Å². The molecule has 0 bridgehead atoms. The number of anilines is 1. The number of benzene rings is 2. The maximum Gasteiger partial charge on any atom is 0.224 e. The highest BCUT2D eigenvalue weighted by atomic mass is 16.1. The minimum Gasteiger partial charge on any atom is -0.386 e. The van der Waals surface area contributed by atoms with Crippen LogP contribution >= 0.6 is 0 Å². The Hall–Kier alpha value is -6.46. The number of hydrogen-bond donors (Lipinski definition) is 9. The predicted octanol–water partition coefficient (Wildman–Crippen LogP) is 2.29. The number of Topliss-reactive ketones (excluding diaryl/α,β-unsaturated/α-hetero) is 1. The zero-order chi connectivity index (χ0) is 40.2. The van der Waals surface area contributed by atoms with Crippen molar-refractivity contribution in [1.29, 1.82) is 5.41 Å². The molecule has 0 heterocycles. The van der Waals surface area contributed by atoms with Crippen molar-refractivity contribution in [2.75, 3.05) is 11.9 Å². The van der Waals surface area contributed by atoms with E-state index in [4.69, 9.17) is 45.5 Å². The molecule has 0 aromatic heterocycles. The summed E-state index contributed by atoms with van der Waals surface area (Å²) >= 11 is 0. The first-order valence-corrected chi connectivity index (χ1v) is 17.4. The molecular formula is C36H54N16O2. The average molecular weight is 743 g/mol. The molecule has 2 rings (SSSR count). The van der Waals surface area contributed by atoms with Crippen molar-refractivity contribution in [3.05, 3.63) is 64.2 Å². The van der Waals surface area contributed by atoms with Gasteiger partial charge in [-0.2, -0.15) is 15.3 Å². The van der Waals surface area contributed by atoms with Crippen molar-refractivity contribution >= 4 is 63.9 Å². The molecule has 16 N–H and O–H groups in total. The van der Waals surface area contributed by atoms with Gasteiger partial charge in [-0.25, -0.2) is 0 Å². The number of rotatable bonds is 21. The molecule has 0 saturated heterocycles. The van der Waals surface area contributed by atoms with E-state index in [1.807, 2.05) is 31.2 Å². The van der Waals surface area contributed by atoms with Crippen LogP contribution in [0.5, 0.6) is 0 Å². The van der Waals surface area contributed by atoms with Crippen LogP contribution in [0, 0.1) is 5.41 Å². The van der Waals surface area contributed by atoms with Crippen LogP contribution in [0.4, 0.5) is 5.69 Å². The highest BCUT2D eigenvalue weighted by Gasteiger charge is 2.12. The van der Waals surface area contributed by atoms with Crippen LogP contribution in [0.2, 0.25) is 0 Å². The Kier molecular flexibility index (Phi) is 18.2. The van der Waals surface area contributed by atoms with E-state index in [9.17, 15) is 9.59 Å². The number of aliphatic imine (C=N–C) groups is 1. The third kappa shape index (κ3) is 17.2. The molecule has 0 aliphatic carbocycles. The van der Waals surface area contributed by atoms with Gasteiger partial charge in [-0.15, -0.1) is 15.3 Å². The number of carbonyl (C=O) groups excluding carboxylic acids is 2. The van der Waals surface area contributed by atoms with Gasteiger partial charge in [-0.3, -0.25) is 20.0 Å².